The first kappa shape index (κ1) is 12.5. The van der Waals surface area contributed by atoms with E-state index in [-0.39, 0.29) is 0 Å². The molecule has 0 saturated heterocycles. The van der Waals surface area contributed by atoms with Gasteiger partial charge in [-0.05, 0) is 43.3 Å². The van der Waals surface area contributed by atoms with E-state index in [4.69, 9.17) is 4.74 Å². The minimum absolute atomic E-state index is 0.679. The Labute approximate surface area is 118 Å². The highest BCUT2D eigenvalue weighted by Gasteiger charge is 2.09. The lowest BCUT2D eigenvalue weighted by Gasteiger charge is -2.16. The van der Waals surface area contributed by atoms with Gasteiger partial charge in [-0.2, -0.15) is 0 Å². The van der Waals surface area contributed by atoms with Gasteiger partial charge in [-0.1, -0.05) is 12.1 Å². The number of hydrogen-bond donors (Lipinski definition) is 1. The van der Waals surface area contributed by atoms with Crippen molar-refractivity contribution in [2.45, 2.75) is 6.92 Å². The van der Waals surface area contributed by atoms with Gasteiger partial charge in [-0.25, -0.2) is 4.98 Å². The Bertz CT molecular complexity index is 670. The van der Waals surface area contributed by atoms with Crippen LogP contribution in [0.15, 0.2) is 48.5 Å². The van der Waals surface area contributed by atoms with Crippen LogP contribution in [0.25, 0.3) is 11.0 Å². The fourth-order valence-electron chi connectivity index (χ4n) is 2.15. The second-order valence-electron chi connectivity index (χ2n) is 4.56. The molecule has 0 atom stereocenters. The lowest BCUT2D eigenvalue weighted by Crippen LogP contribution is -2.10. The van der Waals surface area contributed by atoms with Gasteiger partial charge in [-0.3, -0.25) is 0 Å². The third-order valence-corrected chi connectivity index (χ3v) is 3.23. The van der Waals surface area contributed by atoms with Gasteiger partial charge in [-0.15, -0.1) is 0 Å². The van der Waals surface area contributed by atoms with Crippen LogP contribution in [0.3, 0.4) is 0 Å². The Kier molecular flexibility index (Phi) is 3.29. The molecule has 0 fully saturated rings. The smallest absolute Gasteiger partial charge is 0.208 e. The average molecular weight is 267 g/mol. The van der Waals surface area contributed by atoms with E-state index < -0.39 is 0 Å². The maximum atomic E-state index is 5.45. The topological polar surface area (TPSA) is 41.1 Å². The molecule has 102 valence electrons. The SMILES string of the molecule is CCOc1ccc(N(C)c2nc3ccccc3[nH]2)cc1. The molecule has 0 radical (unpaired) electrons. The molecule has 1 N–H and O–H groups in total. The molecule has 0 unspecified atom stereocenters. The third-order valence-electron chi connectivity index (χ3n) is 3.23. The molecule has 3 rings (SSSR count). The second-order valence-corrected chi connectivity index (χ2v) is 4.56. The van der Waals surface area contributed by atoms with Crippen LogP contribution in [-0.4, -0.2) is 23.6 Å². The number of ether oxygens (including phenoxy) is 1. The number of hydrogen-bond acceptors (Lipinski definition) is 3. The molecule has 0 aliphatic heterocycles. The molecule has 1 heterocycles. The van der Waals surface area contributed by atoms with Gasteiger partial charge < -0.3 is 14.6 Å². The number of para-hydroxylation sites is 2. The highest BCUT2D eigenvalue weighted by atomic mass is 16.5. The van der Waals surface area contributed by atoms with Gasteiger partial charge in [0.15, 0.2) is 0 Å². The van der Waals surface area contributed by atoms with Gasteiger partial charge >= 0.3 is 0 Å². The first-order valence-electron chi connectivity index (χ1n) is 6.69. The number of rotatable bonds is 4. The van der Waals surface area contributed by atoms with E-state index in [1.165, 1.54) is 0 Å². The maximum Gasteiger partial charge on any atom is 0.208 e. The molecular formula is C16H17N3O. The average Bonchev–Trinajstić information content (AvgIpc) is 2.91. The van der Waals surface area contributed by atoms with Gasteiger partial charge in [0.2, 0.25) is 5.95 Å². The summed E-state index contributed by atoms with van der Waals surface area (Å²) in [5, 5.41) is 0. The second kappa shape index (κ2) is 5.25. The largest absolute Gasteiger partial charge is 0.494 e. The number of H-pyrrole nitrogens is 1. The van der Waals surface area contributed by atoms with Gasteiger partial charge in [0, 0.05) is 12.7 Å². The van der Waals surface area contributed by atoms with Crippen molar-refractivity contribution >= 4 is 22.7 Å². The molecule has 1 aromatic heterocycles. The molecule has 2 aromatic carbocycles. The first-order valence-corrected chi connectivity index (χ1v) is 6.69. The Morgan fingerprint density at radius 2 is 1.85 bits per heavy atom. The molecule has 0 aliphatic rings. The van der Waals surface area contributed by atoms with Crippen LogP contribution in [0.2, 0.25) is 0 Å². The number of anilines is 2. The zero-order valence-corrected chi connectivity index (χ0v) is 11.6. The lowest BCUT2D eigenvalue weighted by atomic mass is 10.3. The molecule has 4 nitrogen and oxygen atoms in total. The zero-order chi connectivity index (χ0) is 13.9. The van der Waals surface area contributed by atoms with Gasteiger partial charge in [0.25, 0.3) is 0 Å². The molecule has 0 amide bonds. The molecule has 0 saturated carbocycles. The predicted molar refractivity (Wildman–Crippen MR) is 81.8 cm³/mol. The molecule has 0 spiro atoms. The van der Waals surface area contributed by atoms with Crippen molar-refractivity contribution in [3.63, 3.8) is 0 Å². The summed E-state index contributed by atoms with van der Waals surface area (Å²) < 4.78 is 5.45. The molecule has 0 aliphatic carbocycles. The fourth-order valence-corrected chi connectivity index (χ4v) is 2.15. The van der Waals surface area contributed by atoms with E-state index in [1.807, 2.05) is 67.4 Å². The quantitative estimate of drug-likeness (QED) is 0.783. The number of imidazole rings is 1. The van der Waals surface area contributed by atoms with E-state index in [2.05, 4.69) is 9.97 Å². The molecular weight excluding hydrogens is 250 g/mol. The summed E-state index contributed by atoms with van der Waals surface area (Å²) in [6.07, 6.45) is 0. The Morgan fingerprint density at radius 3 is 2.55 bits per heavy atom. The number of fused-ring (bicyclic) bond motifs is 1. The van der Waals surface area contributed by atoms with Crippen LogP contribution < -0.4 is 9.64 Å². The van der Waals surface area contributed by atoms with Crippen molar-refractivity contribution in [2.24, 2.45) is 0 Å². The van der Waals surface area contributed by atoms with Crippen molar-refractivity contribution in [1.82, 2.24) is 9.97 Å². The molecule has 3 aromatic rings. The Balaban J connectivity index is 1.89. The van der Waals surface area contributed by atoms with Crippen LogP contribution in [0.4, 0.5) is 11.6 Å². The van der Waals surface area contributed by atoms with E-state index in [9.17, 15) is 0 Å². The maximum absolute atomic E-state index is 5.45. The van der Waals surface area contributed by atoms with E-state index in [0.717, 1.165) is 28.4 Å². The van der Waals surface area contributed by atoms with Crippen LogP contribution in [0.5, 0.6) is 5.75 Å². The summed E-state index contributed by atoms with van der Waals surface area (Å²) in [6, 6.07) is 16.0. The van der Waals surface area contributed by atoms with Crippen LogP contribution in [-0.2, 0) is 0 Å². The van der Waals surface area contributed by atoms with E-state index in [0.29, 0.717) is 6.61 Å². The van der Waals surface area contributed by atoms with Crippen molar-refractivity contribution in [1.29, 1.82) is 0 Å². The minimum atomic E-state index is 0.679. The molecule has 20 heavy (non-hydrogen) atoms. The summed E-state index contributed by atoms with van der Waals surface area (Å²) in [4.78, 5) is 9.93. The number of benzene rings is 2. The van der Waals surface area contributed by atoms with Crippen molar-refractivity contribution in [3.05, 3.63) is 48.5 Å². The summed E-state index contributed by atoms with van der Waals surface area (Å²) in [5.74, 6) is 1.71. The number of nitrogens with one attached hydrogen (secondary N) is 1. The van der Waals surface area contributed by atoms with Crippen molar-refractivity contribution in [3.8, 4) is 5.75 Å². The first-order chi connectivity index (χ1) is 9.78. The van der Waals surface area contributed by atoms with Crippen molar-refractivity contribution < 1.29 is 4.74 Å². The summed E-state index contributed by atoms with van der Waals surface area (Å²) in [5.41, 5.74) is 3.08. The molecule has 0 bridgehead atoms. The highest BCUT2D eigenvalue weighted by Crippen LogP contribution is 2.25. The lowest BCUT2D eigenvalue weighted by molar-refractivity contribution is 0.340. The van der Waals surface area contributed by atoms with Gasteiger partial charge in [0.05, 0.1) is 17.6 Å². The van der Waals surface area contributed by atoms with Crippen LogP contribution in [0, 0.1) is 0 Å². The Morgan fingerprint density at radius 1 is 1.10 bits per heavy atom. The standard InChI is InChI=1S/C16H17N3O/c1-3-20-13-10-8-12(9-11-13)19(2)16-17-14-6-4-5-7-15(14)18-16/h4-11H,3H2,1-2H3,(H,17,18). The fraction of sp³-hybridized carbons (Fsp3) is 0.188. The summed E-state index contributed by atoms with van der Waals surface area (Å²) in [6.45, 7) is 2.66. The number of aromatic nitrogens is 2. The van der Waals surface area contributed by atoms with Gasteiger partial charge in [0.1, 0.15) is 5.75 Å². The van der Waals surface area contributed by atoms with E-state index >= 15 is 0 Å². The summed E-state index contributed by atoms with van der Waals surface area (Å²) in [7, 11) is 1.99. The summed E-state index contributed by atoms with van der Waals surface area (Å²) >= 11 is 0. The third kappa shape index (κ3) is 2.32. The van der Waals surface area contributed by atoms with E-state index in [1.54, 1.807) is 0 Å². The predicted octanol–water partition coefficient (Wildman–Crippen LogP) is 3.73. The minimum Gasteiger partial charge on any atom is -0.494 e. The monoisotopic (exact) mass is 267 g/mol. The zero-order valence-electron chi connectivity index (χ0n) is 11.6. The molecule has 4 heteroatoms. The van der Waals surface area contributed by atoms with Crippen LogP contribution >= 0.6 is 0 Å². The highest BCUT2D eigenvalue weighted by molar-refractivity contribution is 5.78. The van der Waals surface area contributed by atoms with Crippen LogP contribution in [0.1, 0.15) is 6.92 Å². The normalized spacial score (nSPS) is 10.7. The number of nitrogens with zero attached hydrogens (tertiary/aromatic N) is 2. The Hall–Kier alpha value is -2.49. The van der Waals surface area contributed by atoms with Crippen molar-refractivity contribution in [2.75, 3.05) is 18.6 Å². The number of aromatic amines is 1.